The van der Waals surface area contributed by atoms with Gasteiger partial charge in [0, 0.05) is 25.2 Å². The molecule has 0 aromatic heterocycles. The van der Waals surface area contributed by atoms with Crippen molar-refractivity contribution >= 4 is 35.8 Å². The molecule has 2 unspecified atom stereocenters. The smallest absolute Gasteiger partial charge is 0.408 e. The lowest BCUT2D eigenvalue weighted by atomic mass is 9.44. The first-order valence-electron chi connectivity index (χ1n) is 21.9. The molecule has 3 aromatic rings. The van der Waals surface area contributed by atoms with Gasteiger partial charge in [-0.25, -0.2) is 19.2 Å². The Morgan fingerprint density at radius 1 is 0.833 bits per heavy atom. The number of Topliss-reactive ketones (excluding diaryl/α,β-unsaturated/α-hetero) is 1. The van der Waals surface area contributed by atoms with Gasteiger partial charge in [-0.05, 0) is 75.6 Å². The molecule has 352 valence electrons. The number of carbonyl (C=O) groups is 6. The second-order valence-electron chi connectivity index (χ2n) is 19.3. The molecule has 1 saturated heterocycles. The first-order chi connectivity index (χ1) is 31.0. The van der Waals surface area contributed by atoms with Crippen LogP contribution >= 0.6 is 0 Å². The molecule has 3 fully saturated rings. The molecule has 66 heavy (non-hydrogen) atoms. The molecule has 3 aromatic carbocycles. The van der Waals surface area contributed by atoms with Crippen molar-refractivity contribution in [2.24, 2.45) is 16.7 Å². The highest BCUT2D eigenvalue weighted by Crippen LogP contribution is 2.64. The van der Waals surface area contributed by atoms with Crippen LogP contribution in [0.25, 0.3) is 0 Å². The Labute approximate surface area is 382 Å². The standard InChI is InChI=1S/C50H57NO15/c1-27-32(62-44(58)38(63-42(56)30-20-14-10-15-21-30)36(29-18-12-9-13-19-29)51-45(59)66-46(3,4)5)25-50(60)41(64-43(57)31-22-16-11-17-23-31)39-48(8,40(55)37(54)35(27)47(50,6)7)33(53)24-34-49(39,26-61-34)65-28(2)52/h9-23,32-34,36-39,41,53-54,60H,24-26H2,1-8H3,(H,51,59)/t32-,33-,34+,36-,37+,38+,39?,41-,48+,49?,50+/m0/s1. The third-order valence-corrected chi connectivity index (χ3v) is 13.8. The van der Waals surface area contributed by atoms with Crippen LogP contribution in [-0.4, -0.2) is 111 Å². The van der Waals surface area contributed by atoms with Crippen molar-refractivity contribution < 1.29 is 72.5 Å². The fraction of sp³-hybridized carbons (Fsp3) is 0.480. The fourth-order valence-corrected chi connectivity index (χ4v) is 10.4. The molecule has 4 N–H and O–H groups in total. The minimum absolute atomic E-state index is 0.0616. The molecule has 2 bridgehead atoms. The van der Waals surface area contributed by atoms with Crippen LogP contribution in [-0.2, 0) is 42.8 Å². The molecular weight excluding hydrogens is 855 g/mol. The third kappa shape index (κ3) is 8.39. The second kappa shape index (κ2) is 17.7. The Bertz CT molecular complexity index is 2400. The van der Waals surface area contributed by atoms with Gasteiger partial charge in [0.05, 0.1) is 35.2 Å². The number of hydrogen-bond acceptors (Lipinski definition) is 15. The van der Waals surface area contributed by atoms with Crippen LogP contribution in [0.2, 0.25) is 0 Å². The van der Waals surface area contributed by atoms with Gasteiger partial charge in [0.1, 0.15) is 41.7 Å². The maximum Gasteiger partial charge on any atom is 0.408 e. The van der Waals surface area contributed by atoms with Gasteiger partial charge < -0.3 is 49.1 Å². The minimum atomic E-state index is -2.42. The molecule has 1 amide bonds. The number of benzene rings is 3. The average Bonchev–Trinajstić information content (AvgIpc) is 3.26. The maximum atomic E-state index is 15.2. The van der Waals surface area contributed by atoms with Gasteiger partial charge in [-0.1, -0.05) is 80.6 Å². The summed E-state index contributed by atoms with van der Waals surface area (Å²) >= 11 is 0. The number of ketones is 1. The first kappa shape index (κ1) is 48.0. The molecule has 16 nitrogen and oxygen atoms in total. The van der Waals surface area contributed by atoms with Gasteiger partial charge in [-0.2, -0.15) is 0 Å². The summed E-state index contributed by atoms with van der Waals surface area (Å²) in [7, 11) is 0. The SMILES string of the molecule is CC(=O)OC12CO[C@@H]1C[C@H](O)[C@@]1(C)C(=O)[C@H](O)C3=C(C)[C@@H](OC(=O)[C@H](OC(=O)c4ccccc4)[C@@H](NC(=O)OC(C)(C)C)c4ccccc4)C[C@@](O)([C@@H](OC(=O)c4ccccc4)C21)C3(C)C. The van der Waals surface area contributed by atoms with Crippen LogP contribution in [0.15, 0.2) is 102 Å². The van der Waals surface area contributed by atoms with Gasteiger partial charge in [0.15, 0.2) is 11.4 Å². The van der Waals surface area contributed by atoms with Gasteiger partial charge in [-0.15, -0.1) is 0 Å². The van der Waals surface area contributed by atoms with Crippen LogP contribution in [0.3, 0.4) is 0 Å². The molecule has 3 aliphatic carbocycles. The largest absolute Gasteiger partial charge is 0.455 e. The number of aliphatic hydroxyl groups is 3. The van der Waals surface area contributed by atoms with E-state index in [-0.39, 0.29) is 35.3 Å². The predicted octanol–water partition coefficient (Wildman–Crippen LogP) is 5.12. The van der Waals surface area contributed by atoms with Gasteiger partial charge in [-0.3, -0.25) is 9.59 Å². The number of hydrogen-bond donors (Lipinski definition) is 4. The normalized spacial score (nSPS) is 30.9. The zero-order chi connectivity index (χ0) is 48.1. The highest BCUT2D eigenvalue weighted by Gasteiger charge is 2.78. The number of carbonyl (C=O) groups excluding carboxylic acids is 6. The minimum Gasteiger partial charge on any atom is -0.455 e. The monoisotopic (exact) mass is 911 g/mol. The van der Waals surface area contributed by atoms with E-state index >= 15 is 9.59 Å². The topological polar surface area (TPSA) is 231 Å². The van der Waals surface area contributed by atoms with Crippen molar-refractivity contribution in [1.82, 2.24) is 5.32 Å². The van der Waals surface area contributed by atoms with E-state index in [9.17, 15) is 34.5 Å². The molecule has 0 spiro atoms. The highest BCUT2D eigenvalue weighted by atomic mass is 16.6. The quantitative estimate of drug-likeness (QED) is 0.117. The van der Waals surface area contributed by atoms with E-state index in [1.807, 2.05) is 0 Å². The average molecular weight is 912 g/mol. The third-order valence-electron chi connectivity index (χ3n) is 13.8. The van der Waals surface area contributed by atoms with Gasteiger partial charge in [0.2, 0.25) is 6.10 Å². The first-order valence-corrected chi connectivity index (χ1v) is 21.9. The van der Waals surface area contributed by atoms with E-state index < -0.39 is 118 Å². The lowest BCUT2D eigenvalue weighted by Gasteiger charge is -2.67. The molecule has 1 aliphatic heterocycles. The van der Waals surface area contributed by atoms with Crippen molar-refractivity contribution in [3.63, 3.8) is 0 Å². The van der Waals surface area contributed by atoms with E-state index in [1.165, 1.54) is 38.1 Å². The summed E-state index contributed by atoms with van der Waals surface area (Å²) in [5.41, 5.74) is -8.43. The van der Waals surface area contributed by atoms with E-state index in [4.69, 9.17) is 28.4 Å². The highest BCUT2D eigenvalue weighted by molar-refractivity contribution is 5.94. The molecule has 0 radical (unpaired) electrons. The number of fused-ring (bicyclic) bond motifs is 5. The zero-order valence-corrected chi connectivity index (χ0v) is 38.1. The molecule has 7 rings (SSSR count). The van der Waals surface area contributed by atoms with Crippen LogP contribution in [0.1, 0.15) is 101 Å². The van der Waals surface area contributed by atoms with Crippen LogP contribution in [0.5, 0.6) is 0 Å². The Hall–Kier alpha value is -5.94. The summed E-state index contributed by atoms with van der Waals surface area (Å²) in [6.07, 6.45) is -11.7. The second-order valence-corrected chi connectivity index (χ2v) is 19.3. The maximum absolute atomic E-state index is 15.2. The fourth-order valence-electron chi connectivity index (χ4n) is 10.4. The number of rotatable bonds is 10. The van der Waals surface area contributed by atoms with Crippen molar-refractivity contribution in [3.05, 3.63) is 119 Å². The number of esters is 4. The van der Waals surface area contributed by atoms with Crippen LogP contribution < -0.4 is 5.32 Å². The molecule has 11 atom stereocenters. The van der Waals surface area contributed by atoms with Gasteiger partial charge in [0.25, 0.3) is 0 Å². The van der Waals surface area contributed by atoms with Crippen molar-refractivity contribution in [3.8, 4) is 0 Å². The van der Waals surface area contributed by atoms with E-state index in [0.717, 1.165) is 6.92 Å². The molecule has 4 aliphatic rings. The lowest BCUT2D eigenvalue weighted by Crippen LogP contribution is -2.81. The number of aliphatic hydroxyl groups excluding tert-OH is 2. The summed E-state index contributed by atoms with van der Waals surface area (Å²) in [5.74, 6) is -6.39. The number of alkyl carbamates (subject to hydrolysis) is 1. The Balaban J connectivity index is 1.39. The lowest BCUT2D eigenvalue weighted by molar-refractivity contribution is -0.346. The number of nitrogens with one attached hydrogen (secondary N) is 1. The Kier molecular flexibility index (Phi) is 12.9. The summed E-state index contributed by atoms with van der Waals surface area (Å²) in [4.78, 5) is 84.8. The Morgan fingerprint density at radius 3 is 1.92 bits per heavy atom. The van der Waals surface area contributed by atoms with E-state index in [2.05, 4.69) is 5.32 Å². The summed E-state index contributed by atoms with van der Waals surface area (Å²) < 4.78 is 36.1. The van der Waals surface area contributed by atoms with Crippen molar-refractivity contribution in [2.75, 3.05) is 6.61 Å². The molecule has 2 saturated carbocycles. The zero-order valence-electron chi connectivity index (χ0n) is 38.1. The molecule has 1 heterocycles. The van der Waals surface area contributed by atoms with E-state index in [0.29, 0.717) is 5.56 Å². The van der Waals surface area contributed by atoms with Crippen molar-refractivity contribution in [2.45, 2.75) is 128 Å². The summed E-state index contributed by atoms with van der Waals surface area (Å²) in [6.45, 7) is 11.7. The Morgan fingerprint density at radius 2 is 1.39 bits per heavy atom. The van der Waals surface area contributed by atoms with Crippen molar-refractivity contribution in [1.29, 1.82) is 0 Å². The number of amides is 1. The predicted molar refractivity (Wildman–Crippen MR) is 233 cm³/mol. The van der Waals surface area contributed by atoms with Crippen LogP contribution in [0.4, 0.5) is 4.79 Å². The van der Waals surface area contributed by atoms with Crippen LogP contribution in [0, 0.1) is 16.7 Å². The number of ether oxygens (including phenoxy) is 6. The summed E-state index contributed by atoms with van der Waals surface area (Å²) in [6, 6.07) is 22.4. The summed E-state index contributed by atoms with van der Waals surface area (Å²) in [5, 5.41) is 40.8. The molecule has 16 heteroatoms. The van der Waals surface area contributed by atoms with Gasteiger partial charge >= 0.3 is 30.0 Å². The molecular formula is C50H57NO15. The van der Waals surface area contributed by atoms with E-state index in [1.54, 1.807) is 101 Å².